The first-order valence-electron chi connectivity index (χ1n) is 7.44. The van der Waals surface area contributed by atoms with Crippen LogP contribution in [0, 0.1) is 24.0 Å². The lowest BCUT2D eigenvalue weighted by molar-refractivity contribution is -0.386. The van der Waals surface area contributed by atoms with Crippen LogP contribution in [0.5, 0.6) is 0 Å². The predicted octanol–water partition coefficient (Wildman–Crippen LogP) is 1.87. The van der Waals surface area contributed by atoms with Gasteiger partial charge in [0.2, 0.25) is 5.91 Å². The third kappa shape index (κ3) is 3.96. The minimum absolute atomic E-state index is 0.0479. The van der Waals surface area contributed by atoms with Crippen LogP contribution in [0.15, 0.2) is 24.3 Å². The van der Waals surface area contributed by atoms with Crippen molar-refractivity contribution >= 4 is 11.6 Å². The van der Waals surface area contributed by atoms with E-state index in [1.54, 1.807) is 21.0 Å². The number of aromatic nitrogens is 2. The van der Waals surface area contributed by atoms with Crippen molar-refractivity contribution in [3.63, 3.8) is 0 Å². The number of methoxy groups -OCH3 is 1. The van der Waals surface area contributed by atoms with Crippen LogP contribution >= 0.6 is 0 Å². The summed E-state index contributed by atoms with van der Waals surface area (Å²) in [5.41, 5.74) is 2.59. The van der Waals surface area contributed by atoms with Gasteiger partial charge < -0.3 is 10.1 Å². The standard InChI is InChI=1S/C16H20N4O4/c1-11-16(20(22)23)12(2)19(18-11)9-15(21)17-8-13-6-4-5-7-14(13)10-24-3/h4-7H,8-10H2,1-3H3,(H,17,21). The van der Waals surface area contributed by atoms with Gasteiger partial charge in [-0.3, -0.25) is 19.6 Å². The van der Waals surface area contributed by atoms with Crippen LogP contribution in [-0.2, 0) is 29.2 Å². The van der Waals surface area contributed by atoms with E-state index in [-0.39, 0.29) is 18.1 Å². The number of nitro groups is 1. The first-order chi connectivity index (χ1) is 11.4. The highest BCUT2D eigenvalue weighted by Gasteiger charge is 2.22. The van der Waals surface area contributed by atoms with E-state index in [2.05, 4.69) is 10.4 Å². The Bertz CT molecular complexity index is 755. The summed E-state index contributed by atoms with van der Waals surface area (Å²) in [6, 6.07) is 7.66. The molecule has 0 fully saturated rings. The molecule has 8 heteroatoms. The Morgan fingerprint density at radius 1 is 1.33 bits per heavy atom. The Kier molecular flexibility index (Phi) is 5.64. The number of rotatable bonds is 7. The topological polar surface area (TPSA) is 99.3 Å². The molecule has 0 saturated heterocycles. The van der Waals surface area contributed by atoms with Crippen LogP contribution in [0.25, 0.3) is 0 Å². The minimum Gasteiger partial charge on any atom is -0.380 e. The molecule has 1 aromatic heterocycles. The molecule has 0 bridgehead atoms. The van der Waals surface area contributed by atoms with Gasteiger partial charge in [-0.25, -0.2) is 0 Å². The van der Waals surface area contributed by atoms with Crippen molar-refractivity contribution in [2.45, 2.75) is 33.5 Å². The third-order valence-corrected chi connectivity index (χ3v) is 3.71. The maximum absolute atomic E-state index is 12.1. The summed E-state index contributed by atoms with van der Waals surface area (Å²) in [6.45, 7) is 3.91. The molecule has 0 atom stereocenters. The zero-order valence-electron chi connectivity index (χ0n) is 13.9. The summed E-state index contributed by atoms with van der Waals surface area (Å²) in [5, 5.41) is 17.9. The van der Waals surface area contributed by atoms with Crippen molar-refractivity contribution < 1.29 is 14.5 Å². The number of nitrogens with zero attached hydrogens (tertiary/aromatic N) is 3. The van der Waals surface area contributed by atoms with E-state index in [4.69, 9.17) is 4.74 Å². The molecule has 8 nitrogen and oxygen atoms in total. The Morgan fingerprint density at radius 2 is 2.00 bits per heavy atom. The van der Waals surface area contributed by atoms with Gasteiger partial charge in [0.25, 0.3) is 0 Å². The highest BCUT2D eigenvalue weighted by atomic mass is 16.6. The maximum Gasteiger partial charge on any atom is 0.312 e. The maximum atomic E-state index is 12.1. The van der Waals surface area contributed by atoms with Crippen molar-refractivity contribution in [1.29, 1.82) is 0 Å². The Morgan fingerprint density at radius 3 is 2.58 bits per heavy atom. The fourth-order valence-corrected chi connectivity index (χ4v) is 2.52. The van der Waals surface area contributed by atoms with Crippen LogP contribution < -0.4 is 5.32 Å². The van der Waals surface area contributed by atoms with Crippen LogP contribution in [0.2, 0.25) is 0 Å². The molecule has 0 aliphatic rings. The lowest BCUT2D eigenvalue weighted by Crippen LogP contribution is -2.28. The van der Waals surface area contributed by atoms with Gasteiger partial charge in [0.05, 0.1) is 11.5 Å². The monoisotopic (exact) mass is 332 g/mol. The van der Waals surface area contributed by atoms with Gasteiger partial charge in [0.1, 0.15) is 17.9 Å². The van der Waals surface area contributed by atoms with Crippen molar-refractivity contribution in [3.05, 3.63) is 56.9 Å². The highest BCUT2D eigenvalue weighted by molar-refractivity contribution is 5.75. The molecular formula is C16H20N4O4. The molecule has 2 rings (SSSR count). The molecule has 2 aromatic rings. The lowest BCUT2D eigenvalue weighted by Gasteiger charge is -2.10. The number of amides is 1. The van der Waals surface area contributed by atoms with Crippen LogP contribution in [0.4, 0.5) is 5.69 Å². The molecule has 0 aliphatic heterocycles. The van der Waals surface area contributed by atoms with Gasteiger partial charge >= 0.3 is 5.69 Å². The van der Waals surface area contributed by atoms with Gasteiger partial charge in [-0.2, -0.15) is 5.10 Å². The van der Waals surface area contributed by atoms with Crippen molar-refractivity contribution in [2.75, 3.05) is 7.11 Å². The molecule has 0 unspecified atom stereocenters. The third-order valence-electron chi connectivity index (χ3n) is 3.71. The van der Waals surface area contributed by atoms with Gasteiger partial charge in [-0.1, -0.05) is 24.3 Å². The second-order valence-electron chi connectivity index (χ2n) is 5.41. The average Bonchev–Trinajstić information content (AvgIpc) is 2.80. The summed E-state index contributed by atoms with van der Waals surface area (Å²) in [7, 11) is 1.62. The van der Waals surface area contributed by atoms with Crippen LogP contribution in [-0.4, -0.2) is 27.7 Å². The van der Waals surface area contributed by atoms with Gasteiger partial charge in [0, 0.05) is 13.7 Å². The number of aryl methyl sites for hydroxylation is 1. The van der Waals surface area contributed by atoms with Crippen molar-refractivity contribution in [1.82, 2.24) is 15.1 Å². The number of ether oxygens (including phenoxy) is 1. The van der Waals surface area contributed by atoms with E-state index in [9.17, 15) is 14.9 Å². The number of benzene rings is 1. The molecule has 24 heavy (non-hydrogen) atoms. The van der Waals surface area contributed by atoms with Crippen molar-refractivity contribution in [3.8, 4) is 0 Å². The molecular weight excluding hydrogens is 312 g/mol. The summed E-state index contributed by atoms with van der Waals surface area (Å²) in [4.78, 5) is 22.6. The second kappa shape index (κ2) is 7.69. The van der Waals surface area contributed by atoms with E-state index in [1.807, 2.05) is 24.3 Å². The van der Waals surface area contributed by atoms with Crippen molar-refractivity contribution in [2.24, 2.45) is 0 Å². The van der Waals surface area contributed by atoms with E-state index in [0.717, 1.165) is 11.1 Å². The summed E-state index contributed by atoms with van der Waals surface area (Å²) in [5.74, 6) is -0.261. The number of carbonyl (C=O) groups excluding carboxylic acids is 1. The summed E-state index contributed by atoms with van der Waals surface area (Å²) < 4.78 is 6.49. The zero-order valence-corrected chi connectivity index (χ0v) is 13.9. The quantitative estimate of drug-likeness (QED) is 0.616. The van der Waals surface area contributed by atoms with E-state index < -0.39 is 4.92 Å². The van der Waals surface area contributed by atoms with E-state index >= 15 is 0 Å². The summed E-state index contributed by atoms with van der Waals surface area (Å²) in [6.07, 6.45) is 0. The second-order valence-corrected chi connectivity index (χ2v) is 5.41. The molecule has 1 aromatic carbocycles. The minimum atomic E-state index is -0.479. The van der Waals surface area contributed by atoms with Gasteiger partial charge in [0.15, 0.2) is 0 Å². The van der Waals surface area contributed by atoms with Crippen LogP contribution in [0.3, 0.4) is 0 Å². The fraction of sp³-hybridized carbons (Fsp3) is 0.375. The number of hydrogen-bond acceptors (Lipinski definition) is 5. The Labute approximate surface area is 139 Å². The highest BCUT2D eigenvalue weighted by Crippen LogP contribution is 2.21. The lowest BCUT2D eigenvalue weighted by atomic mass is 10.1. The van der Waals surface area contributed by atoms with Gasteiger partial charge in [-0.05, 0) is 25.0 Å². The Balaban J connectivity index is 2.02. The molecule has 1 N–H and O–H groups in total. The SMILES string of the molecule is COCc1ccccc1CNC(=O)Cn1nc(C)c([N+](=O)[O-])c1C. The van der Waals surface area contributed by atoms with E-state index in [0.29, 0.717) is 24.5 Å². The van der Waals surface area contributed by atoms with Crippen LogP contribution in [0.1, 0.15) is 22.5 Å². The fourth-order valence-electron chi connectivity index (χ4n) is 2.52. The first-order valence-corrected chi connectivity index (χ1v) is 7.44. The molecule has 0 spiro atoms. The number of hydrogen-bond donors (Lipinski definition) is 1. The average molecular weight is 332 g/mol. The molecule has 1 heterocycles. The first kappa shape index (κ1) is 17.6. The largest absolute Gasteiger partial charge is 0.380 e. The smallest absolute Gasteiger partial charge is 0.312 e. The van der Waals surface area contributed by atoms with Gasteiger partial charge in [-0.15, -0.1) is 0 Å². The number of nitrogens with one attached hydrogen (secondary N) is 1. The molecule has 0 aliphatic carbocycles. The predicted molar refractivity (Wildman–Crippen MR) is 87.4 cm³/mol. The normalized spacial score (nSPS) is 10.6. The molecule has 1 amide bonds. The molecule has 128 valence electrons. The zero-order chi connectivity index (χ0) is 17.7. The number of carbonyl (C=O) groups is 1. The molecule has 0 saturated carbocycles. The van der Waals surface area contributed by atoms with E-state index in [1.165, 1.54) is 4.68 Å². The Hall–Kier alpha value is -2.74. The summed E-state index contributed by atoms with van der Waals surface area (Å²) >= 11 is 0. The molecule has 0 radical (unpaired) electrons.